The molecule has 8 aromatic rings. The molecular weight excluding hydrogens is 638 g/mol. The molecule has 2 aliphatic heterocycles. The zero-order valence-corrected chi connectivity index (χ0v) is 27.5. The van der Waals surface area contributed by atoms with E-state index >= 15 is 0 Å². The topological polar surface area (TPSA) is 21.3 Å². The molecule has 0 amide bonds. The first-order valence-electron chi connectivity index (χ1n) is 16.7. The predicted molar refractivity (Wildman–Crippen MR) is 198 cm³/mol. The van der Waals surface area contributed by atoms with E-state index in [4.69, 9.17) is 4.42 Å². The molecule has 0 bridgehead atoms. The Kier molecular flexibility index (Phi) is 5.44. The summed E-state index contributed by atoms with van der Waals surface area (Å²) in [6.07, 6.45) is 4.80. The van der Waals surface area contributed by atoms with Crippen LogP contribution in [0.4, 0.5) is 17.1 Å². The van der Waals surface area contributed by atoms with Crippen LogP contribution < -0.4 is 30.2 Å². The fraction of sp³-hybridized carbons (Fsp3) is 0.0952. The molecule has 0 N–H and O–H groups in total. The number of para-hydroxylation sites is 3. The second-order valence-electron chi connectivity index (χ2n) is 13.1. The van der Waals surface area contributed by atoms with Gasteiger partial charge in [0.25, 0.3) is 0 Å². The van der Waals surface area contributed by atoms with Gasteiger partial charge in [-0.1, -0.05) is 0 Å². The zero-order chi connectivity index (χ0) is 30.6. The van der Waals surface area contributed by atoms with Gasteiger partial charge in [-0.3, -0.25) is 0 Å². The zero-order valence-electron chi connectivity index (χ0n) is 25.7. The Morgan fingerprint density at radius 2 is 1.34 bits per heavy atom. The van der Waals surface area contributed by atoms with Crippen molar-refractivity contribution in [2.24, 2.45) is 0 Å². The standard InChI is InChI=1S/C42H29BN2OSe/c1-6-17-32-27(12-1)28-13-2-7-18-33(28)44(32)26-24-36-42-40(25-26)47-39-23-10-5-16-31(39)43(42)30-15-4-8-19-34(30)45(36)35-20-11-22-38-41(35)29-14-3-9-21-37(29)46-38/h1,3-6,8-12,14-17,19-25H,2,7,13,18H2. The van der Waals surface area contributed by atoms with Crippen molar-refractivity contribution in [3.63, 3.8) is 0 Å². The minimum atomic E-state index is 0.183. The van der Waals surface area contributed by atoms with Gasteiger partial charge in [0.1, 0.15) is 0 Å². The van der Waals surface area contributed by atoms with E-state index in [1.807, 2.05) is 0 Å². The Labute approximate surface area is 279 Å². The monoisotopic (exact) mass is 668 g/mol. The molecule has 0 fully saturated rings. The van der Waals surface area contributed by atoms with Gasteiger partial charge in [-0.15, -0.1) is 0 Å². The quantitative estimate of drug-likeness (QED) is 0.192. The molecule has 2 aromatic heterocycles. The average molecular weight is 667 g/mol. The molecule has 0 unspecified atom stereocenters. The molecule has 5 heteroatoms. The van der Waals surface area contributed by atoms with Crippen LogP contribution in [0.2, 0.25) is 0 Å². The number of furan rings is 1. The number of rotatable bonds is 2. The number of anilines is 3. The number of benzene rings is 6. The summed E-state index contributed by atoms with van der Waals surface area (Å²) in [5.74, 6) is 0. The summed E-state index contributed by atoms with van der Waals surface area (Å²) in [6, 6.07) is 47.4. The molecule has 6 aromatic carbocycles. The molecule has 0 saturated carbocycles. The van der Waals surface area contributed by atoms with E-state index in [0.717, 1.165) is 29.4 Å². The first kappa shape index (κ1) is 26.1. The fourth-order valence-corrected chi connectivity index (χ4v) is 11.3. The molecule has 0 spiro atoms. The number of hydrogen-bond donors (Lipinski definition) is 0. The SMILES string of the molecule is c1ccc2c(c1)[Se]c1cc(-n3c4c(c5ccccc53)CCCC4)cc3c1B2c1ccccc1N3c1cccc2oc3ccccc3c12. The van der Waals surface area contributed by atoms with Crippen LogP contribution in [0.5, 0.6) is 0 Å². The third-order valence-electron chi connectivity index (χ3n) is 10.6. The number of fused-ring (bicyclic) bond motifs is 10. The molecule has 11 rings (SSSR count). The molecule has 0 radical (unpaired) electrons. The van der Waals surface area contributed by atoms with Crippen LogP contribution in [0.25, 0.3) is 38.5 Å². The van der Waals surface area contributed by atoms with Gasteiger partial charge in [-0.25, -0.2) is 0 Å². The summed E-state index contributed by atoms with van der Waals surface area (Å²) in [4.78, 5) is 2.56. The minimum absolute atomic E-state index is 0.183. The third-order valence-corrected chi connectivity index (χ3v) is 13.0. The van der Waals surface area contributed by atoms with Crippen molar-refractivity contribution < 1.29 is 4.42 Å². The van der Waals surface area contributed by atoms with Crippen molar-refractivity contribution in [1.82, 2.24) is 4.57 Å². The molecule has 3 nitrogen and oxygen atoms in total. The van der Waals surface area contributed by atoms with E-state index in [1.165, 1.54) is 82.9 Å². The first-order chi connectivity index (χ1) is 23.3. The van der Waals surface area contributed by atoms with Gasteiger partial charge in [0.2, 0.25) is 0 Å². The number of nitrogens with zero attached hydrogens (tertiary/aromatic N) is 2. The maximum atomic E-state index is 6.45. The van der Waals surface area contributed by atoms with E-state index in [-0.39, 0.29) is 21.7 Å². The van der Waals surface area contributed by atoms with Crippen molar-refractivity contribution in [3.05, 3.63) is 139 Å². The molecule has 47 heavy (non-hydrogen) atoms. The van der Waals surface area contributed by atoms with E-state index in [9.17, 15) is 0 Å². The average Bonchev–Trinajstić information content (AvgIpc) is 3.67. The number of aryl methyl sites for hydroxylation is 1. The molecular formula is C42H29BN2OSe. The molecule has 0 saturated heterocycles. The van der Waals surface area contributed by atoms with Crippen LogP contribution >= 0.6 is 0 Å². The molecule has 1 aliphatic carbocycles. The first-order valence-corrected chi connectivity index (χ1v) is 18.4. The maximum absolute atomic E-state index is 6.45. The number of aromatic nitrogens is 1. The van der Waals surface area contributed by atoms with Crippen molar-refractivity contribution in [2.75, 3.05) is 4.90 Å². The molecule has 222 valence electrons. The van der Waals surface area contributed by atoms with E-state index in [0.29, 0.717) is 0 Å². The van der Waals surface area contributed by atoms with Gasteiger partial charge in [0.05, 0.1) is 0 Å². The van der Waals surface area contributed by atoms with Crippen LogP contribution in [0.3, 0.4) is 0 Å². The van der Waals surface area contributed by atoms with E-state index < -0.39 is 0 Å². The number of hydrogen-bond acceptors (Lipinski definition) is 2. The van der Waals surface area contributed by atoms with Gasteiger partial charge in [0, 0.05) is 0 Å². The van der Waals surface area contributed by atoms with Gasteiger partial charge >= 0.3 is 281 Å². The Hall–Kier alpha value is -4.96. The van der Waals surface area contributed by atoms with Gasteiger partial charge < -0.3 is 0 Å². The second-order valence-corrected chi connectivity index (χ2v) is 15.4. The van der Waals surface area contributed by atoms with Gasteiger partial charge in [0.15, 0.2) is 0 Å². The summed E-state index contributed by atoms with van der Waals surface area (Å²) >= 11 is 0.183. The molecule has 4 heterocycles. The van der Waals surface area contributed by atoms with Gasteiger partial charge in [-0.2, -0.15) is 0 Å². The molecule has 0 atom stereocenters. The molecule has 3 aliphatic rings. The summed E-state index contributed by atoms with van der Waals surface area (Å²) < 4.78 is 12.0. The summed E-state index contributed by atoms with van der Waals surface area (Å²) in [6.45, 7) is 0.198. The Bertz CT molecular complexity index is 2600. The fourth-order valence-electron chi connectivity index (χ4n) is 8.75. The third kappa shape index (κ3) is 3.59. The summed E-state index contributed by atoms with van der Waals surface area (Å²) in [5, 5.41) is 3.74. The van der Waals surface area contributed by atoms with E-state index in [1.54, 1.807) is 5.56 Å². The normalized spacial score (nSPS) is 14.7. The Balaban J connectivity index is 1.27. The van der Waals surface area contributed by atoms with Crippen molar-refractivity contribution in [2.45, 2.75) is 25.7 Å². The van der Waals surface area contributed by atoms with Crippen LogP contribution in [-0.2, 0) is 12.8 Å². The summed E-state index contributed by atoms with van der Waals surface area (Å²) in [5.41, 5.74) is 15.5. The van der Waals surface area contributed by atoms with Crippen LogP contribution in [0, 0.1) is 0 Å². The van der Waals surface area contributed by atoms with Crippen LogP contribution in [0.1, 0.15) is 24.1 Å². The van der Waals surface area contributed by atoms with E-state index in [2.05, 4.69) is 137 Å². The van der Waals surface area contributed by atoms with Crippen LogP contribution in [-0.4, -0.2) is 26.2 Å². The Morgan fingerprint density at radius 3 is 2.30 bits per heavy atom. The van der Waals surface area contributed by atoms with Crippen molar-refractivity contribution in [1.29, 1.82) is 0 Å². The van der Waals surface area contributed by atoms with Crippen LogP contribution in [0.15, 0.2) is 132 Å². The van der Waals surface area contributed by atoms with Crippen molar-refractivity contribution in [3.8, 4) is 5.69 Å². The Morgan fingerprint density at radius 1 is 0.596 bits per heavy atom. The predicted octanol–water partition coefficient (Wildman–Crippen LogP) is 6.68. The second kappa shape index (κ2) is 9.78. The summed E-state index contributed by atoms with van der Waals surface area (Å²) in [7, 11) is 0. The van der Waals surface area contributed by atoms with Crippen molar-refractivity contribution >= 4 is 96.9 Å². The van der Waals surface area contributed by atoms with Gasteiger partial charge in [-0.05, 0) is 0 Å².